The molecule has 8 nitrogen and oxygen atoms in total. The molecule has 1 heterocycles. The van der Waals surface area contributed by atoms with Gasteiger partial charge in [0, 0.05) is 44.4 Å². The van der Waals surface area contributed by atoms with E-state index in [0.717, 1.165) is 22.5 Å². The number of aryl methyl sites for hydroxylation is 1. The van der Waals surface area contributed by atoms with Crippen LogP contribution in [0.2, 0.25) is 0 Å². The lowest BCUT2D eigenvalue weighted by molar-refractivity contribution is -0.385. The number of nitro groups is 1. The minimum Gasteiger partial charge on any atom is -0.336 e. The summed E-state index contributed by atoms with van der Waals surface area (Å²) in [4.78, 5) is 23.9. The average Bonchev–Trinajstić information content (AvgIpc) is 2.67. The van der Waals surface area contributed by atoms with Gasteiger partial charge in [-0.1, -0.05) is 6.07 Å². The highest BCUT2D eigenvalue weighted by atomic mass is 32.2. The summed E-state index contributed by atoms with van der Waals surface area (Å²) in [5.41, 5.74) is -0.269. The van der Waals surface area contributed by atoms with E-state index in [0.29, 0.717) is 11.6 Å². The highest BCUT2D eigenvalue weighted by Gasteiger charge is 2.32. The van der Waals surface area contributed by atoms with Gasteiger partial charge in [-0.15, -0.1) is 0 Å². The summed E-state index contributed by atoms with van der Waals surface area (Å²) in [6.07, 6.45) is 0. The van der Waals surface area contributed by atoms with Crippen molar-refractivity contribution in [3.05, 3.63) is 69.3 Å². The van der Waals surface area contributed by atoms with Crippen LogP contribution in [-0.2, 0) is 10.0 Å². The van der Waals surface area contributed by atoms with Crippen molar-refractivity contribution in [2.75, 3.05) is 26.2 Å². The second-order valence-electron chi connectivity index (χ2n) is 6.53. The van der Waals surface area contributed by atoms with Crippen molar-refractivity contribution in [3.63, 3.8) is 0 Å². The summed E-state index contributed by atoms with van der Waals surface area (Å²) < 4.78 is 53.8. The van der Waals surface area contributed by atoms with E-state index in [-0.39, 0.29) is 42.3 Å². The SMILES string of the molecule is Cc1ccc([N+](=O)[O-])cc1S(=O)(=O)N1CCN(C(=O)c2ccc(F)cc2F)CC1. The molecule has 0 N–H and O–H groups in total. The summed E-state index contributed by atoms with van der Waals surface area (Å²) in [5.74, 6) is -2.45. The maximum atomic E-state index is 13.8. The smallest absolute Gasteiger partial charge is 0.270 e. The van der Waals surface area contributed by atoms with Crippen LogP contribution in [0.5, 0.6) is 0 Å². The molecule has 1 aliphatic rings. The van der Waals surface area contributed by atoms with E-state index in [2.05, 4.69) is 0 Å². The van der Waals surface area contributed by atoms with Gasteiger partial charge in [0.1, 0.15) is 11.6 Å². The van der Waals surface area contributed by atoms with Gasteiger partial charge in [-0.25, -0.2) is 17.2 Å². The monoisotopic (exact) mass is 425 g/mol. The second kappa shape index (κ2) is 7.84. The molecule has 11 heteroatoms. The Hall–Kier alpha value is -2.92. The Morgan fingerprint density at radius 1 is 1.07 bits per heavy atom. The van der Waals surface area contributed by atoms with Gasteiger partial charge in [-0.05, 0) is 24.6 Å². The number of rotatable bonds is 4. The lowest BCUT2D eigenvalue weighted by Gasteiger charge is -2.34. The summed E-state index contributed by atoms with van der Waals surface area (Å²) in [6.45, 7) is 1.43. The third-order valence-electron chi connectivity index (χ3n) is 4.69. The maximum absolute atomic E-state index is 13.8. The number of halogens is 2. The van der Waals surface area contributed by atoms with Gasteiger partial charge in [0.25, 0.3) is 11.6 Å². The van der Waals surface area contributed by atoms with Gasteiger partial charge in [0.15, 0.2) is 0 Å². The zero-order valence-electron chi connectivity index (χ0n) is 15.3. The Balaban J connectivity index is 1.77. The molecule has 1 amide bonds. The van der Waals surface area contributed by atoms with Gasteiger partial charge < -0.3 is 4.90 Å². The zero-order chi connectivity index (χ0) is 21.3. The van der Waals surface area contributed by atoms with E-state index in [1.807, 2.05) is 0 Å². The van der Waals surface area contributed by atoms with Gasteiger partial charge >= 0.3 is 0 Å². The first-order valence-corrected chi connectivity index (χ1v) is 10.0. The fraction of sp³-hybridized carbons (Fsp3) is 0.278. The fourth-order valence-corrected chi connectivity index (χ4v) is 4.75. The minimum absolute atomic E-state index is 0.00283. The van der Waals surface area contributed by atoms with Crippen molar-refractivity contribution in [1.29, 1.82) is 0 Å². The summed E-state index contributed by atoms with van der Waals surface area (Å²) in [7, 11) is -4.01. The minimum atomic E-state index is -4.01. The van der Waals surface area contributed by atoms with Crippen LogP contribution in [0, 0.1) is 28.7 Å². The van der Waals surface area contributed by atoms with Crippen LogP contribution in [0.25, 0.3) is 0 Å². The lowest BCUT2D eigenvalue weighted by Crippen LogP contribution is -2.50. The maximum Gasteiger partial charge on any atom is 0.270 e. The summed E-state index contributed by atoms with van der Waals surface area (Å²) >= 11 is 0. The number of hydrogen-bond donors (Lipinski definition) is 0. The van der Waals surface area contributed by atoms with Crippen molar-refractivity contribution < 1.29 is 26.9 Å². The Kier molecular flexibility index (Phi) is 5.62. The molecule has 0 bridgehead atoms. The molecule has 1 saturated heterocycles. The van der Waals surface area contributed by atoms with E-state index < -0.39 is 32.5 Å². The van der Waals surface area contributed by atoms with Crippen molar-refractivity contribution in [2.45, 2.75) is 11.8 Å². The molecular formula is C18H17F2N3O5S. The van der Waals surface area contributed by atoms with Crippen LogP contribution in [0.1, 0.15) is 15.9 Å². The molecule has 0 radical (unpaired) electrons. The second-order valence-corrected chi connectivity index (χ2v) is 8.43. The van der Waals surface area contributed by atoms with E-state index in [1.54, 1.807) is 0 Å². The highest BCUT2D eigenvalue weighted by Crippen LogP contribution is 2.26. The fourth-order valence-electron chi connectivity index (χ4n) is 3.08. The molecule has 1 fully saturated rings. The Bertz CT molecular complexity index is 1080. The zero-order valence-corrected chi connectivity index (χ0v) is 16.2. The number of piperazine rings is 1. The van der Waals surface area contributed by atoms with Crippen molar-refractivity contribution >= 4 is 21.6 Å². The first kappa shape index (κ1) is 20.8. The number of nitrogens with zero attached hydrogens (tertiary/aromatic N) is 3. The summed E-state index contributed by atoms with van der Waals surface area (Å²) in [6, 6.07) is 6.23. The standard InChI is InChI=1S/C18H17F2N3O5S/c1-12-2-4-14(23(25)26)11-17(12)29(27,28)22-8-6-21(7-9-22)18(24)15-5-3-13(19)10-16(15)20/h2-5,10-11H,6-9H2,1H3. The normalized spacial score (nSPS) is 15.3. The Morgan fingerprint density at radius 3 is 2.31 bits per heavy atom. The van der Waals surface area contributed by atoms with Gasteiger partial charge in [-0.3, -0.25) is 14.9 Å². The van der Waals surface area contributed by atoms with Crippen molar-refractivity contribution in [2.24, 2.45) is 0 Å². The predicted molar refractivity (Wildman–Crippen MR) is 98.9 cm³/mol. The molecule has 2 aromatic rings. The molecule has 0 aliphatic carbocycles. The largest absolute Gasteiger partial charge is 0.336 e. The number of sulfonamides is 1. The highest BCUT2D eigenvalue weighted by molar-refractivity contribution is 7.89. The molecule has 0 unspecified atom stereocenters. The molecule has 3 rings (SSSR count). The van der Waals surface area contributed by atoms with E-state index in [9.17, 15) is 32.1 Å². The van der Waals surface area contributed by atoms with Gasteiger partial charge in [-0.2, -0.15) is 4.31 Å². The number of hydrogen-bond acceptors (Lipinski definition) is 5. The molecule has 0 aromatic heterocycles. The Labute approximate surface area is 165 Å². The third-order valence-corrected chi connectivity index (χ3v) is 6.73. The van der Waals surface area contributed by atoms with E-state index in [4.69, 9.17) is 0 Å². The molecule has 29 heavy (non-hydrogen) atoms. The molecule has 0 saturated carbocycles. The third kappa shape index (κ3) is 4.10. The number of non-ortho nitro benzene ring substituents is 1. The average molecular weight is 425 g/mol. The number of carbonyl (C=O) groups is 1. The molecule has 154 valence electrons. The first-order valence-electron chi connectivity index (χ1n) is 8.61. The van der Waals surface area contributed by atoms with E-state index >= 15 is 0 Å². The number of carbonyl (C=O) groups excluding carboxylic acids is 1. The number of amides is 1. The molecule has 2 aromatic carbocycles. The van der Waals surface area contributed by atoms with Crippen LogP contribution in [0.3, 0.4) is 0 Å². The first-order chi connectivity index (χ1) is 13.6. The molecule has 0 atom stereocenters. The number of nitro benzene ring substituents is 1. The number of benzene rings is 2. The topological polar surface area (TPSA) is 101 Å². The van der Waals surface area contributed by atoms with E-state index in [1.165, 1.54) is 24.0 Å². The predicted octanol–water partition coefficient (Wildman–Crippen LogP) is 2.33. The van der Waals surface area contributed by atoms with Gasteiger partial charge in [0.2, 0.25) is 10.0 Å². The van der Waals surface area contributed by atoms with Crippen LogP contribution in [0.4, 0.5) is 14.5 Å². The summed E-state index contributed by atoms with van der Waals surface area (Å²) in [5, 5.41) is 11.0. The van der Waals surface area contributed by atoms with Crippen LogP contribution >= 0.6 is 0 Å². The molecule has 1 aliphatic heterocycles. The van der Waals surface area contributed by atoms with Crippen LogP contribution < -0.4 is 0 Å². The van der Waals surface area contributed by atoms with Crippen LogP contribution in [-0.4, -0.2) is 54.6 Å². The molecular weight excluding hydrogens is 408 g/mol. The van der Waals surface area contributed by atoms with Crippen molar-refractivity contribution in [3.8, 4) is 0 Å². The van der Waals surface area contributed by atoms with Gasteiger partial charge in [0.05, 0.1) is 15.4 Å². The molecule has 0 spiro atoms. The Morgan fingerprint density at radius 2 is 1.72 bits per heavy atom. The lowest BCUT2D eigenvalue weighted by atomic mass is 10.1. The quantitative estimate of drug-likeness (QED) is 0.553. The van der Waals surface area contributed by atoms with Crippen LogP contribution in [0.15, 0.2) is 41.3 Å². The van der Waals surface area contributed by atoms with Crippen molar-refractivity contribution in [1.82, 2.24) is 9.21 Å².